The summed E-state index contributed by atoms with van der Waals surface area (Å²) in [6.07, 6.45) is 0.709. The van der Waals surface area contributed by atoms with Crippen molar-refractivity contribution >= 4 is 29.1 Å². The number of amides is 3. The Morgan fingerprint density at radius 3 is 2.67 bits per heavy atom. The SMILES string of the molecule is CC(Cc1cccs1)C(=O)NC1CC(=O)N(C(C)C)C1=O. The highest BCUT2D eigenvalue weighted by Gasteiger charge is 2.40. The van der Waals surface area contributed by atoms with Gasteiger partial charge in [-0.2, -0.15) is 0 Å². The Morgan fingerprint density at radius 2 is 2.14 bits per heavy atom. The van der Waals surface area contributed by atoms with E-state index in [1.54, 1.807) is 25.2 Å². The summed E-state index contributed by atoms with van der Waals surface area (Å²) in [4.78, 5) is 38.5. The summed E-state index contributed by atoms with van der Waals surface area (Å²) < 4.78 is 0. The number of nitrogens with one attached hydrogen (secondary N) is 1. The first kappa shape index (κ1) is 15.7. The molecule has 0 radical (unpaired) electrons. The summed E-state index contributed by atoms with van der Waals surface area (Å²) in [6.45, 7) is 5.41. The molecule has 1 aliphatic heterocycles. The monoisotopic (exact) mass is 308 g/mol. The lowest BCUT2D eigenvalue weighted by molar-refractivity contribution is -0.141. The number of thiophene rings is 1. The first-order chi connectivity index (χ1) is 9.90. The molecule has 3 amide bonds. The van der Waals surface area contributed by atoms with Gasteiger partial charge in [0.1, 0.15) is 6.04 Å². The van der Waals surface area contributed by atoms with Crippen LogP contribution in [0.1, 0.15) is 32.1 Å². The molecule has 2 rings (SSSR count). The van der Waals surface area contributed by atoms with Crippen molar-refractivity contribution in [3.8, 4) is 0 Å². The topological polar surface area (TPSA) is 66.5 Å². The standard InChI is InChI=1S/C15H20N2O3S/c1-9(2)17-13(18)8-12(15(17)20)16-14(19)10(3)7-11-5-4-6-21-11/h4-6,9-10,12H,7-8H2,1-3H3,(H,16,19). The van der Waals surface area contributed by atoms with Crippen molar-refractivity contribution in [2.45, 2.75) is 45.7 Å². The molecule has 1 aromatic rings. The quantitative estimate of drug-likeness (QED) is 0.840. The largest absolute Gasteiger partial charge is 0.344 e. The van der Waals surface area contributed by atoms with Gasteiger partial charge in [-0.05, 0) is 31.7 Å². The van der Waals surface area contributed by atoms with E-state index in [-0.39, 0.29) is 36.1 Å². The number of carbonyl (C=O) groups is 3. The summed E-state index contributed by atoms with van der Waals surface area (Å²) in [5.41, 5.74) is 0. The lowest BCUT2D eigenvalue weighted by Gasteiger charge is -2.20. The molecule has 1 fully saturated rings. The maximum atomic E-state index is 12.2. The van der Waals surface area contributed by atoms with Crippen molar-refractivity contribution < 1.29 is 14.4 Å². The van der Waals surface area contributed by atoms with Crippen molar-refractivity contribution in [3.05, 3.63) is 22.4 Å². The Morgan fingerprint density at radius 1 is 1.43 bits per heavy atom. The van der Waals surface area contributed by atoms with Gasteiger partial charge in [0.05, 0.1) is 6.42 Å². The Kier molecular flexibility index (Phi) is 4.77. The van der Waals surface area contributed by atoms with Gasteiger partial charge in [0, 0.05) is 16.8 Å². The second kappa shape index (κ2) is 6.39. The lowest BCUT2D eigenvalue weighted by atomic mass is 10.1. The minimum Gasteiger partial charge on any atom is -0.344 e. The highest BCUT2D eigenvalue weighted by molar-refractivity contribution is 7.09. The van der Waals surface area contributed by atoms with Crippen molar-refractivity contribution in [2.24, 2.45) is 5.92 Å². The fourth-order valence-corrected chi connectivity index (χ4v) is 3.28. The van der Waals surface area contributed by atoms with E-state index in [1.165, 1.54) is 4.90 Å². The van der Waals surface area contributed by atoms with E-state index >= 15 is 0 Å². The molecule has 2 atom stereocenters. The van der Waals surface area contributed by atoms with Crippen LogP contribution in [0.3, 0.4) is 0 Å². The number of likely N-dealkylation sites (tertiary alicyclic amines) is 1. The fourth-order valence-electron chi connectivity index (χ4n) is 2.44. The van der Waals surface area contributed by atoms with Gasteiger partial charge >= 0.3 is 0 Å². The Balaban J connectivity index is 1.94. The molecule has 0 spiro atoms. The molecule has 1 saturated heterocycles. The summed E-state index contributed by atoms with van der Waals surface area (Å²) in [5, 5.41) is 4.68. The van der Waals surface area contributed by atoms with Gasteiger partial charge in [-0.1, -0.05) is 13.0 Å². The van der Waals surface area contributed by atoms with Crippen LogP contribution >= 0.6 is 11.3 Å². The molecule has 21 heavy (non-hydrogen) atoms. The maximum Gasteiger partial charge on any atom is 0.252 e. The third kappa shape index (κ3) is 3.50. The summed E-state index contributed by atoms with van der Waals surface area (Å²) in [5.74, 6) is -0.919. The normalized spacial score (nSPS) is 20.2. The lowest BCUT2D eigenvalue weighted by Crippen LogP contribution is -2.45. The zero-order valence-electron chi connectivity index (χ0n) is 12.5. The minimum absolute atomic E-state index is 0.0640. The molecule has 1 aliphatic rings. The van der Waals surface area contributed by atoms with Crippen LogP contribution in [0.25, 0.3) is 0 Å². The van der Waals surface area contributed by atoms with Crippen LogP contribution in [-0.4, -0.2) is 34.7 Å². The third-order valence-corrected chi connectivity index (χ3v) is 4.45. The fraction of sp³-hybridized carbons (Fsp3) is 0.533. The van der Waals surface area contributed by atoms with Crippen molar-refractivity contribution in [1.29, 1.82) is 0 Å². The number of hydrogen-bond donors (Lipinski definition) is 1. The van der Waals surface area contributed by atoms with Crippen LogP contribution in [0, 0.1) is 5.92 Å². The molecule has 114 valence electrons. The molecule has 2 unspecified atom stereocenters. The predicted molar refractivity (Wildman–Crippen MR) is 80.7 cm³/mol. The van der Waals surface area contributed by atoms with E-state index in [4.69, 9.17) is 0 Å². The molecule has 0 aromatic carbocycles. The molecular weight excluding hydrogens is 288 g/mol. The van der Waals surface area contributed by atoms with Crippen LogP contribution in [0.5, 0.6) is 0 Å². The molecule has 1 N–H and O–H groups in total. The van der Waals surface area contributed by atoms with Gasteiger partial charge in [0.25, 0.3) is 5.91 Å². The van der Waals surface area contributed by atoms with Crippen molar-refractivity contribution in [2.75, 3.05) is 0 Å². The van der Waals surface area contributed by atoms with Gasteiger partial charge in [0.2, 0.25) is 11.8 Å². The van der Waals surface area contributed by atoms with Gasteiger partial charge in [0.15, 0.2) is 0 Å². The molecule has 2 heterocycles. The highest BCUT2D eigenvalue weighted by atomic mass is 32.1. The molecule has 5 nitrogen and oxygen atoms in total. The summed E-state index contributed by atoms with van der Waals surface area (Å²) in [6, 6.07) is 3.05. The molecule has 6 heteroatoms. The number of rotatable bonds is 5. The first-order valence-corrected chi connectivity index (χ1v) is 7.96. The van der Waals surface area contributed by atoms with Crippen LogP contribution < -0.4 is 5.32 Å². The van der Waals surface area contributed by atoms with Gasteiger partial charge < -0.3 is 5.32 Å². The number of hydrogen-bond acceptors (Lipinski definition) is 4. The highest BCUT2D eigenvalue weighted by Crippen LogP contribution is 2.18. The average Bonchev–Trinajstić information content (AvgIpc) is 2.98. The number of carbonyl (C=O) groups excluding carboxylic acids is 3. The molecule has 0 bridgehead atoms. The van der Waals surface area contributed by atoms with Crippen LogP contribution in [0.15, 0.2) is 17.5 Å². The average molecular weight is 308 g/mol. The second-order valence-corrected chi connectivity index (χ2v) is 6.68. The smallest absolute Gasteiger partial charge is 0.252 e. The Labute approximate surface area is 128 Å². The Bertz CT molecular complexity index is 539. The van der Waals surface area contributed by atoms with Gasteiger partial charge in [-0.25, -0.2) is 0 Å². The molecule has 0 saturated carbocycles. The summed E-state index contributed by atoms with van der Waals surface area (Å²) >= 11 is 1.61. The predicted octanol–water partition coefficient (Wildman–Crippen LogP) is 1.58. The zero-order chi connectivity index (χ0) is 15.6. The minimum atomic E-state index is -0.710. The van der Waals surface area contributed by atoms with Crippen molar-refractivity contribution in [3.63, 3.8) is 0 Å². The van der Waals surface area contributed by atoms with Crippen molar-refractivity contribution in [1.82, 2.24) is 10.2 Å². The van der Waals surface area contributed by atoms with Crippen LogP contribution in [0.2, 0.25) is 0 Å². The van der Waals surface area contributed by atoms with Gasteiger partial charge in [-0.15, -0.1) is 11.3 Å². The van der Waals surface area contributed by atoms with E-state index in [0.29, 0.717) is 6.42 Å². The summed E-state index contributed by atoms with van der Waals surface area (Å²) in [7, 11) is 0. The van der Waals surface area contributed by atoms with Crippen LogP contribution in [-0.2, 0) is 20.8 Å². The van der Waals surface area contributed by atoms with E-state index in [2.05, 4.69) is 5.32 Å². The number of imide groups is 1. The van der Waals surface area contributed by atoms with E-state index in [1.807, 2.05) is 24.4 Å². The molecule has 0 aliphatic carbocycles. The zero-order valence-corrected chi connectivity index (χ0v) is 13.3. The van der Waals surface area contributed by atoms with E-state index < -0.39 is 6.04 Å². The maximum absolute atomic E-state index is 12.2. The number of nitrogens with zero attached hydrogens (tertiary/aromatic N) is 1. The second-order valence-electron chi connectivity index (χ2n) is 5.65. The first-order valence-electron chi connectivity index (χ1n) is 7.08. The molecule has 1 aromatic heterocycles. The Hall–Kier alpha value is -1.69. The van der Waals surface area contributed by atoms with Crippen LogP contribution in [0.4, 0.5) is 0 Å². The third-order valence-electron chi connectivity index (χ3n) is 3.55. The van der Waals surface area contributed by atoms with Gasteiger partial charge in [-0.3, -0.25) is 19.3 Å². The molecular formula is C15H20N2O3S. The van der Waals surface area contributed by atoms with E-state index in [9.17, 15) is 14.4 Å². The van der Waals surface area contributed by atoms with E-state index in [0.717, 1.165) is 4.88 Å².